The topological polar surface area (TPSA) is 124 Å². The number of carbonyl (C=O) groups excluding carboxylic acids is 4. The molecule has 3 aromatic rings. The summed E-state index contributed by atoms with van der Waals surface area (Å²) in [4.78, 5) is 63.8. The van der Waals surface area contributed by atoms with Gasteiger partial charge >= 0.3 is 5.97 Å². The average molecular weight is 706 g/mol. The largest absolute Gasteiger partial charge is 0.497 e. The van der Waals surface area contributed by atoms with Gasteiger partial charge in [0.15, 0.2) is 6.04 Å². The Kier molecular flexibility index (Phi) is 11.3. The Labute approximate surface area is 303 Å². The number of rotatable bonds is 17. The number of hydrogen-bond donors (Lipinski definition) is 1. The molecule has 3 heterocycles. The highest BCUT2D eigenvalue weighted by Gasteiger charge is 2.74. The summed E-state index contributed by atoms with van der Waals surface area (Å²) in [6, 6.07) is 23.9. The molecule has 270 valence electrons. The van der Waals surface area contributed by atoms with Crippen molar-refractivity contribution in [1.82, 2.24) is 15.3 Å². The van der Waals surface area contributed by atoms with Crippen molar-refractivity contribution in [3.63, 3.8) is 0 Å². The van der Waals surface area contributed by atoms with E-state index in [-0.39, 0.29) is 32.7 Å². The van der Waals surface area contributed by atoms with E-state index in [0.29, 0.717) is 12.2 Å². The molecular weight excluding hydrogens is 662 g/mol. The van der Waals surface area contributed by atoms with Crippen molar-refractivity contribution < 1.29 is 38.2 Å². The lowest BCUT2D eigenvalue weighted by atomic mass is 9.74. The highest BCUT2D eigenvalue weighted by atomic mass is 16.7. The number of benzene rings is 3. The SMILES string of the molecule is C=CCCC(=O)OC[C@@H](NC(=O)[C@@H]1[C@H]2C(=O)N(OCc3ccc(OC)cc3)[C@H](C(=O)N(CC=C)Cc3ccccc3)[C@]23C=C[C@H]1O3)c1ccccc1. The lowest BCUT2D eigenvalue weighted by Crippen LogP contribution is -2.55. The molecule has 11 nitrogen and oxygen atoms in total. The lowest BCUT2D eigenvalue weighted by Gasteiger charge is -2.35. The Hall–Kier alpha value is -5.52. The summed E-state index contributed by atoms with van der Waals surface area (Å²) in [6.45, 7) is 7.83. The third kappa shape index (κ3) is 7.42. The number of fused-ring (bicyclic) bond motifs is 1. The van der Waals surface area contributed by atoms with E-state index < -0.39 is 59.3 Å². The maximum Gasteiger partial charge on any atom is 0.306 e. The number of ether oxygens (including phenoxy) is 3. The summed E-state index contributed by atoms with van der Waals surface area (Å²) in [5, 5.41) is 4.12. The third-order valence-electron chi connectivity index (χ3n) is 9.66. The van der Waals surface area contributed by atoms with Gasteiger partial charge < -0.3 is 24.4 Å². The summed E-state index contributed by atoms with van der Waals surface area (Å²) in [6.07, 6.45) is 6.58. The zero-order valence-corrected chi connectivity index (χ0v) is 29.1. The van der Waals surface area contributed by atoms with Crippen molar-refractivity contribution in [2.45, 2.75) is 49.8 Å². The number of allylic oxidation sites excluding steroid dienone is 1. The molecule has 0 aliphatic carbocycles. The fraction of sp³-hybridized carbons (Fsp3) is 0.317. The van der Waals surface area contributed by atoms with Crippen LogP contribution in [0.1, 0.15) is 35.6 Å². The third-order valence-corrected chi connectivity index (χ3v) is 9.66. The van der Waals surface area contributed by atoms with Gasteiger partial charge in [0.05, 0.1) is 31.1 Å². The second kappa shape index (κ2) is 16.2. The van der Waals surface area contributed by atoms with Crippen LogP contribution in [0.25, 0.3) is 0 Å². The number of esters is 1. The first-order chi connectivity index (χ1) is 25.3. The van der Waals surface area contributed by atoms with Crippen LogP contribution in [0.15, 0.2) is 122 Å². The van der Waals surface area contributed by atoms with Gasteiger partial charge in [0.2, 0.25) is 5.91 Å². The number of hydroxylamine groups is 2. The van der Waals surface area contributed by atoms with E-state index in [4.69, 9.17) is 19.0 Å². The summed E-state index contributed by atoms with van der Waals surface area (Å²) in [7, 11) is 1.57. The zero-order valence-electron chi connectivity index (χ0n) is 29.1. The maximum absolute atomic E-state index is 14.7. The van der Waals surface area contributed by atoms with E-state index in [1.165, 1.54) is 0 Å². The van der Waals surface area contributed by atoms with E-state index in [1.54, 1.807) is 60.6 Å². The van der Waals surface area contributed by atoms with Crippen molar-refractivity contribution in [3.8, 4) is 5.75 Å². The predicted octanol–water partition coefficient (Wildman–Crippen LogP) is 4.86. The highest BCUT2D eigenvalue weighted by molar-refractivity contribution is 5.99. The van der Waals surface area contributed by atoms with Crippen molar-refractivity contribution in [2.24, 2.45) is 11.8 Å². The van der Waals surface area contributed by atoms with Crippen LogP contribution in [0.2, 0.25) is 0 Å². The first-order valence-corrected chi connectivity index (χ1v) is 17.3. The van der Waals surface area contributed by atoms with Crippen LogP contribution in [0.5, 0.6) is 5.75 Å². The number of nitrogens with one attached hydrogen (secondary N) is 1. The molecule has 6 atom stereocenters. The standard InChI is InChI=1S/C41H43N3O8/c1-4-6-17-34(45)50-27-32(30-15-11-8-12-16-30)42-38(46)35-33-22-23-41(52-33)36(35)39(47)44(51-26-29-18-20-31(49-3)21-19-29)37(41)40(48)43(24-5-2)25-28-13-9-7-10-14-28/h4-5,7-16,18-23,32-33,35-37H,1-2,6,17,24-27H2,3H3,(H,42,46)/t32-,33-,35+,36+,37-,41+/m1/s1. The van der Waals surface area contributed by atoms with Crippen LogP contribution in [0.3, 0.4) is 0 Å². The maximum atomic E-state index is 14.7. The van der Waals surface area contributed by atoms with Crippen molar-refractivity contribution in [3.05, 3.63) is 139 Å². The van der Waals surface area contributed by atoms with E-state index in [0.717, 1.165) is 21.8 Å². The summed E-state index contributed by atoms with van der Waals surface area (Å²) >= 11 is 0. The lowest BCUT2D eigenvalue weighted by molar-refractivity contribution is -0.210. The molecule has 1 spiro atoms. The van der Waals surface area contributed by atoms with Crippen LogP contribution >= 0.6 is 0 Å². The molecule has 0 unspecified atom stereocenters. The molecule has 2 fully saturated rings. The number of hydrogen-bond acceptors (Lipinski definition) is 8. The second-order valence-corrected chi connectivity index (χ2v) is 13.0. The second-order valence-electron chi connectivity index (χ2n) is 13.0. The fourth-order valence-corrected chi connectivity index (χ4v) is 7.13. The Bertz CT molecular complexity index is 1800. The fourth-order valence-electron chi connectivity index (χ4n) is 7.13. The molecule has 1 N–H and O–H groups in total. The smallest absolute Gasteiger partial charge is 0.306 e. The van der Waals surface area contributed by atoms with Gasteiger partial charge in [-0.3, -0.25) is 24.0 Å². The van der Waals surface area contributed by atoms with E-state index >= 15 is 0 Å². The first kappa shape index (κ1) is 36.3. The monoisotopic (exact) mass is 705 g/mol. The summed E-state index contributed by atoms with van der Waals surface area (Å²) in [5.41, 5.74) is 0.877. The van der Waals surface area contributed by atoms with Crippen LogP contribution < -0.4 is 10.1 Å². The minimum atomic E-state index is -1.48. The molecule has 11 heteroatoms. The van der Waals surface area contributed by atoms with Gasteiger partial charge in [-0.2, -0.15) is 0 Å². The molecule has 2 saturated heterocycles. The molecule has 2 bridgehead atoms. The van der Waals surface area contributed by atoms with Crippen LogP contribution in [-0.4, -0.2) is 71.7 Å². The van der Waals surface area contributed by atoms with Crippen LogP contribution in [0.4, 0.5) is 0 Å². The quantitative estimate of drug-likeness (QED) is 0.156. The zero-order chi connectivity index (χ0) is 36.7. The van der Waals surface area contributed by atoms with Gasteiger partial charge in [0.1, 0.15) is 24.6 Å². The number of methoxy groups -OCH3 is 1. The van der Waals surface area contributed by atoms with Crippen molar-refractivity contribution in [1.29, 1.82) is 0 Å². The average Bonchev–Trinajstić information content (AvgIpc) is 3.82. The van der Waals surface area contributed by atoms with Gasteiger partial charge in [0, 0.05) is 19.5 Å². The number of amides is 3. The van der Waals surface area contributed by atoms with E-state index in [2.05, 4.69) is 18.5 Å². The molecule has 6 rings (SSSR count). The van der Waals surface area contributed by atoms with Gasteiger partial charge in [0.25, 0.3) is 11.8 Å². The Morgan fingerprint density at radius 3 is 2.37 bits per heavy atom. The molecule has 0 aromatic heterocycles. The van der Waals surface area contributed by atoms with Gasteiger partial charge in [-0.05, 0) is 35.2 Å². The minimum Gasteiger partial charge on any atom is -0.497 e. The van der Waals surface area contributed by atoms with Gasteiger partial charge in [-0.1, -0.05) is 97.1 Å². The Morgan fingerprint density at radius 2 is 1.69 bits per heavy atom. The van der Waals surface area contributed by atoms with Gasteiger partial charge in [-0.15, -0.1) is 13.2 Å². The molecule has 0 saturated carbocycles. The van der Waals surface area contributed by atoms with Crippen molar-refractivity contribution >= 4 is 23.7 Å². The number of carbonyl (C=O) groups is 4. The molecule has 3 aliphatic rings. The molecule has 3 aliphatic heterocycles. The Morgan fingerprint density at radius 1 is 0.981 bits per heavy atom. The predicted molar refractivity (Wildman–Crippen MR) is 192 cm³/mol. The van der Waals surface area contributed by atoms with E-state index in [9.17, 15) is 19.2 Å². The van der Waals surface area contributed by atoms with Gasteiger partial charge in [-0.25, -0.2) is 5.06 Å². The molecule has 0 radical (unpaired) electrons. The molecular formula is C41H43N3O8. The summed E-state index contributed by atoms with van der Waals surface area (Å²) < 4.78 is 17.4. The highest BCUT2D eigenvalue weighted by Crippen LogP contribution is 2.55. The summed E-state index contributed by atoms with van der Waals surface area (Å²) in [5.74, 6) is -3.24. The first-order valence-electron chi connectivity index (χ1n) is 17.3. The van der Waals surface area contributed by atoms with Crippen LogP contribution in [-0.2, 0) is 46.6 Å². The van der Waals surface area contributed by atoms with E-state index in [1.807, 2.05) is 60.7 Å². The Balaban J connectivity index is 1.30. The van der Waals surface area contributed by atoms with Crippen LogP contribution in [0, 0.1) is 11.8 Å². The minimum absolute atomic E-state index is 0.0280. The molecule has 3 amide bonds. The molecule has 52 heavy (non-hydrogen) atoms. The molecule has 3 aromatic carbocycles. The normalized spacial score (nSPS) is 23.1. The number of nitrogens with zero attached hydrogens (tertiary/aromatic N) is 2. The van der Waals surface area contributed by atoms with Crippen molar-refractivity contribution in [2.75, 3.05) is 20.3 Å².